The number of nitrogens with one attached hydrogen (secondary N) is 1. The molecule has 0 saturated heterocycles. The van der Waals surface area contributed by atoms with E-state index >= 15 is 0 Å². The number of methoxy groups -OCH3 is 1. The molecule has 0 spiro atoms. The number of carbonyl (C=O) groups is 2. The number of amides is 2. The average Bonchev–Trinajstić information content (AvgIpc) is 3.14. The van der Waals surface area contributed by atoms with Crippen LogP contribution in [0.2, 0.25) is 15.1 Å². The molecule has 0 bridgehead atoms. The largest absolute Gasteiger partial charge is 0.504 e. The standard InChI is InChI=1S/C24H15Cl3N4O6/c1-37-20-8-12(5-6-19(20)32)7-16-22(28-23(33)13-3-2-4-15(9-13)31(35)36)29-30(24(16)34)21-17(26)10-14(25)11-18(21)27/h2-11,32H,1H3,(H,28,29,33)/b16-7-. The third kappa shape index (κ3) is 5.36. The maximum Gasteiger partial charge on any atom is 0.282 e. The summed E-state index contributed by atoms with van der Waals surface area (Å²) < 4.78 is 5.11. The van der Waals surface area contributed by atoms with Gasteiger partial charge < -0.3 is 15.2 Å². The molecule has 2 amide bonds. The van der Waals surface area contributed by atoms with Gasteiger partial charge in [0.2, 0.25) is 0 Å². The molecule has 10 nitrogen and oxygen atoms in total. The second-order valence-corrected chi connectivity index (χ2v) is 8.79. The fraction of sp³-hybridized carbons (Fsp3) is 0.0417. The van der Waals surface area contributed by atoms with Gasteiger partial charge in [-0.2, -0.15) is 5.01 Å². The van der Waals surface area contributed by atoms with Crippen LogP contribution in [0.15, 0.2) is 65.3 Å². The molecular formula is C24H15Cl3N4O6. The van der Waals surface area contributed by atoms with E-state index in [2.05, 4.69) is 10.4 Å². The van der Waals surface area contributed by atoms with Crippen molar-refractivity contribution in [3.63, 3.8) is 0 Å². The lowest BCUT2D eigenvalue weighted by Gasteiger charge is -2.15. The Morgan fingerprint density at radius 2 is 1.84 bits per heavy atom. The van der Waals surface area contributed by atoms with Crippen molar-refractivity contribution in [1.82, 2.24) is 5.32 Å². The quantitative estimate of drug-likeness (QED) is 0.242. The fourth-order valence-electron chi connectivity index (χ4n) is 3.42. The summed E-state index contributed by atoms with van der Waals surface area (Å²) in [6.07, 6.45) is 1.41. The lowest BCUT2D eigenvalue weighted by molar-refractivity contribution is -0.384. The predicted molar refractivity (Wildman–Crippen MR) is 140 cm³/mol. The van der Waals surface area contributed by atoms with Crippen molar-refractivity contribution in [1.29, 1.82) is 0 Å². The Morgan fingerprint density at radius 1 is 1.14 bits per heavy atom. The third-order valence-corrected chi connectivity index (χ3v) is 5.93. The molecule has 0 radical (unpaired) electrons. The van der Waals surface area contributed by atoms with Gasteiger partial charge in [-0.3, -0.25) is 19.7 Å². The Morgan fingerprint density at radius 3 is 2.49 bits per heavy atom. The number of amidine groups is 1. The van der Waals surface area contributed by atoms with Crippen molar-refractivity contribution in [2.45, 2.75) is 0 Å². The van der Waals surface area contributed by atoms with E-state index in [-0.39, 0.29) is 54.9 Å². The van der Waals surface area contributed by atoms with Gasteiger partial charge in [-0.05, 0) is 42.0 Å². The third-order valence-electron chi connectivity index (χ3n) is 5.14. The van der Waals surface area contributed by atoms with Gasteiger partial charge in [0.25, 0.3) is 17.5 Å². The van der Waals surface area contributed by atoms with Crippen LogP contribution in [-0.4, -0.2) is 34.8 Å². The lowest BCUT2D eigenvalue weighted by Crippen LogP contribution is -2.31. The zero-order chi connectivity index (χ0) is 26.9. The maximum atomic E-state index is 13.5. The first-order valence-electron chi connectivity index (χ1n) is 10.3. The van der Waals surface area contributed by atoms with E-state index in [1.807, 2.05) is 0 Å². The number of ether oxygens (including phenoxy) is 1. The Labute approximate surface area is 224 Å². The Kier molecular flexibility index (Phi) is 7.35. The molecular weight excluding hydrogens is 547 g/mol. The Bertz CT molecular complexity index is 1500. The molecule has 37 heavy (non-hydrogen) atoms. The molecule has 188 valence electrons. The molecule has 13 heteroatoms. The van der Waals surface area contributed by atoms with Crippen molar-refractivity contribution >= 4 is 69.9 Å². The number of aromatic hydroxyl groups is 1. The van der Waals surface area contributed by atoms with E-state index in [0.29, 0.717) is 5.56 Å². The van der Waals surface area contributed by atoms with Crippen LogP contribution in [0.1, 0.15) is 15.9 Å². The highest BCUT2D eigenvalue weighted by Gasteiger charge is 2.35. The molecule has 4 rings (SSSR count). The summed E-state index contributed by atoms with van der Waals surface area (Å²) in [5.41, 5.74) is 0.0898. The van der Waals surface area contributed by atoms with Crippen LogP contribution in [-0.2, 0) is 4.79 Å². The summed E-state index contributed by atoms with van der Waals surface area (Å²) in [6.45, 7) is 0. The van der Waals surface area contributed by atoms with Gasteiger partial charge in [0.05, 0.1) is 27.7 Å². The number of hydrogen-bond donors (Lipinski definition) is 2. The van der Waals surface area contributed by atoms with Crippen molar-refractivity contribution in [3.05, 3.63) is 96.5 Å². The van der Waals surface area contributed by atoms with Gasteiger partial charge in [0, 0.05) is 22.7 Å². The second kappa shape index (κ2) is 10.5. The summed E-state index contributed by atoms with van der Waals surface area (Å²) >= 11 is 18.6. The van der Waals surface area contributed by atoms with E-state index in [1.165, 1.54) is 61.7 Å². The summed E-state index contributed by atoms with van der Waals surface area (Å²) in [6, 6.07) is 12.2. The predicted octanol–water partition coefficient (Wildman–Crippen LogP) is 5.44. The average molecular weight is 562 g/mol. The minimum atomic E-state index is -0.750. The number of non-ortho nitro benzene ring substituents is 1. The van der Waals surface area contributed by atoms with Crippen LogP contribution in [0, 0.1) is 10.1 Å². The van der Waals surface area contributed by atoms with Crippen molar-refractivity contribution in [2.24, 2.45) is 5.10 Å². The number of halogens is 3. The highest BCUT2D eigenvalue weighted by atomic mass is 35.5. The highest BCUT2D eigenvalue weighted by Crippen LogP contribution is 2.39. The second-order valence-electron chi connectivity index (χ2n) is 7.53. The molecule has 0 saturated carbocycles. The summed E-state index contributed by atoms with van der Waals surface area (Å²) in [7, 11) is 1.37. The van der Waals surface area contributed by atoms with E-state index in [1.54, 1.807) is 0 Å². The summed E-state index contributed by atoms with van der Waals surface area (Å²) in [5, 5.41) is 29.0. The SMILES string of the molecule is COc1cc(/C=C2\C(=O)N(c3c(Cl)cc(Cl)cc3Cl)N=C2NC(=O)c2cccc([N+](=O)[O-])c2)ccc1O. The molecule has 0 atom stereocenters. The van der Waals surface area contributed by atoms with Crippen molar-refractivity contribution < 1.29 is 24.4 Å². The zero-order valence-electron chi connectivity index (χ0n) is 18.7. The minimum absolute atomic E-state index is 0.0315. The molecule has 0 aliphatic carbocycles. The number of benzene rings is 3. The minimum Gasteiger partial charge on any atom is -0.504 e. The van der Waals surface area contributed by atoms with Crippen LogP contribution < -0.4 is 15.1 Å². The van der Waals surface area contributed by atoms with Gasteiger partial charge >= 0.3 is 0 Å². The molecule has 2 N–H and O–H groups in total. The molecule has 3 aromatic rings. The van der Waals surface area contributed by atoms with Gasteiger partial charge in [0.1, 0.15) is 5.69 Å². The molecule has 3 aromatic carbocycles. The topological polar surface area (TPSA) is 134 Å². The van der Waals surface area contributed by atoms with Gasteiger partial charge in [0.15, 0.2) is 17.3 Å². The maximum absolute atomic E-state index is 13.5. The number of phenolic OH excluding ortho intramolecular Hbond substituents is 1. The van der Waals surface area contributed by atoms with Crippen molar-refractivity contribution in [2.75, 3.05) is 12.1 Å². The summed E-state index contributed by atoms with van der Waals surface area (Å²) in [5.74, 6) is -1.57. The van der Waals surface area contributed by atoms with Gasteiger partial charge in [-0.1, -0.05) is 46.9 Å². The van der Waals surface area contributed by atoms with Crippen LogP contribution in [0.4, 0.5) is 11.4 Å². The number of hydrogen-bond acceptors (Lipinski definition) is 7. The Balaban J connectivity index is 1.79. The zero-order valence-corrected chi connectivity index (χ0v) is 21.0. The lowest BCUT2D eigenvalue weighted by atomic mass is 10.1. The molecule has 0 aromatic heterocycles. The first-order chi connectivity index (χ1) is 17.6. The number of anilines is 1. The van der Waals surface area contributed by atoms with Crippen LogP contribution in [0.25, 0.3) is 6.08 Å². The number of nitro benzene ring substituents is 1. The normalized spacial score (nSPS) is 14.1. The number of phenols is 1. The molecule has 0 fully saturated rings. The first kappa shape index (κ1) is 26.0. The summed E-state index contributed by atoms with van der Waals surface area (Å²) in [4.78, 5) is 36.9. The van der Waals surface area contributed by atoms with E-state index in [0.717, 1.165) is 11.1 Å². The van der Waals surface area contributed by atoms with Gasteiger partial charge in [-0.15, -0.1) is 5.10 Å². The molecule has 0 unspecified atom stereocenters. The highest BCUT2D eigenvalue weighted by molar-refractivity contribution is 6.44. The van der Waals surface area contributed by atoms with Crippen LogP contribution in [0.5, 0.6) is 11.5 Å². The van der Waals surface area contributed by atoms with Gasteiger partial charge in [-0.25, -0.2) is 0 Å². The first-order valence-corrected chi connectivity index (χ1v) is 11.4. The monoisotopic (exact) mass is 560 g/mol. The van der Waals surface area contributed by atoms with E-state index in [4.69, 9.17) is 39.5 Å². The van der Waals surface area contributed by atoms with Crippen LogP contribution in [0.3, 0.4) is 0 Å². The van der Waals surface area contributed by atoms with Crippen molar-refractivity contribution in [3.8, 4) is 11.5 Å². The smallest absolute Gasteiger partial charge is 0.282 e. The number of nitrogens with zero attached hydrogens (tertiary/aromatic N) is 3. The molecule has 1 aliphatic heterocycles. The fourth-order valence-corrected chi connectivity index (χ4v) is 4.39. The number of rotatable bonds is 5. The molecule has 1 heterocycles. The van der Waals surface area contributed by atoms with E-state index < -0.39 is 16.7 Å². The van der Waals surface area contributed by atoms with E-state index in [9.17, 15) is 24.8 Å². The molecule has 1 aliphatic rings. The number of hydrazone groups is 1. The Hall–Kier alpha value is -4.12. The number of carbonyl (C=O) groups excluding carboxylic acids is 2. The van der Waals surface area contributed by atoms with Crippen LogP contribution >= 0.6 is 34.8 Å². The number of nitro groups is 1.